The molecule has 2 aromatic rings. The van der Waals surface area contributed by atoms with Gasteiger partial charge in [0.1, 0.15) is 0 Å². The summed E-state index contributed by atoms with van der Waals surface area (Å²) in [7, 11) is 0. The highest BCUT2D eigenvalue weighted by atomic mass is 32.2. The van der Waals surface area contributed by atoms with Crippen molar-refractivity contribution in [1.82, 2.24) is 4.90 Å². The van der Waals surface area contributed by atoms with Crippen LogP contribution in [0.15, 0.2) is 59.5 Å². The Bertz CT molecular complexity index is 831. The Morgan fingerprint density at radius 1 is 1.07 bits per heavy atom. The lowest BCUT2D eigenvalue weighted by Gasteiger charge is -2.40. The SMILES string of the molecule is CCOC(=O)C1(CCc2ccccc2)CCN(C(=O)Nc2ccc(SC)cc2)CC1. The van der Waals surface area contributed by atoms with Crippen molar-refractivity contribution < 1.29 is 14.3 Å². The summed E-state index contributed by atoms with van der Waals surface area (Å²) in [6, 6.07) is 17.9. The average molecular weight is 427 g/mol. The van der Waals surface area contributed by atoms with Gasteiger partial charge in [-0.25, -0.2) is 4.79 Å². The molecule has 1 aliphatic rings. The smallest absolute Gasteiger partial charge is 0.321 e. The largest absolute Gasteiger partial charge is 0.466 e. The van der Waals surface area contributed by atoms with Crippen molar-refractivity contribution in [3.63, 3.8) is 0 Å². The molecule has 2 amide bonds. The zero-order chi connectivity index (χ0) is 21.4. The van der Waals surface area contributed by atoms with Gasteiger partial charge in [-0.2, -0.15) is 0 Å². The van der Waals surface area contributed by atoms with Crippen molar-refractivity contribution >= 4 is 29.4 Å². The lowest BCUT2D eigenvalue weighted by molar-refractivity contribution is -0.158. The Balaban J connectivity index is 1.61. The molecule has 0 atom stereocenters. The van der Waals surface area contributed by atoms with Gasteiger partial charge in [-0.15, -0.1) is 11.8 Å². The molecule has 1 aliphatic heterocycles. The molecule has 0 radical (unpaired) electrons. The number of amides is 2. The molecule has 3 rings (SSSR count). The van der Waals surface area contributed by atoms with Crippen molar-refractivity contribution in [2.45, 2.75) is 37.5 Å². The summed E-state index contributed by atoms with van der Waals surface area (Å²) < 4.78 is 5.43. The summed E-state index contributed by atoms with van der Waals surface area (Å²) >= 11 is 1.67. The van der Waals surface area contributed by atoms with E-state index in [-0.39, 0.29) is 12.0 Å². The van der Waals surface area contributed by atoms with Crippen LogP contribution in [-0.4, -0.2) is 42.9 Å². The minimum absolute atomic E-state index is 0.118. The van der Waals surface area contributed by atoms with E-state index in [2.05, 4.69) is 17.4 Å². The van der Waals surface area contributed by atoms with E-state index in [1.807, 2.05) is 55.6 Å². The van der Waals surface area contributed by atoms with Crippen molar-refractivity contribution in [2.24, 2.45) is 5.41 Å². The number of nitrogens with one attached hydrogen (secondary N) is 1. The highest BCUT2D eigenvalue weighted by molar-refractivity contribution is 7.98. The number of piperidine rings is 1. The van der Waals surface area contributed by atoms with Gasteiger partial charge in [-0.05, 0) is 68.7 Å². The van der Waals surface area contributed by atoms with Crippen LogP contribution in [0.3, 0.4) is 0 Å². The molecular formula is C24H30N2O3S. The number of carbonyl (C=O) groups is 2. The third-order valence-corrected chi connectivity index (χ3v) is 6.54. The zero-order valence-corrected chi connectivity index (χ0v) is 18.5. The second-order valence-electron chi connectivity index (χ2n) is 7.63. The van der Waals surface area contributed by atoms with Crippen LogP contribution < -0.4 is 5.32 Å². The fourth-order valence-electron chi connectivity index (χ4n) is 3.88. The number of hydrogen-bond donors (Lipinski definition) is 1. The number of hydrogen-bond acceptors (Lipinski definition) is 4. The molecule has 0 bridgehead atoms. The number of carbonyl (C=O) groups excluding carboxylic acids is 2. The highest BCUT2D eigenvalue weighted by Crippen LogP contribution is 2.38. The van der Waals surface area contributed by atoms with Gasteiger partial charge in [0.05, 0.1) is 12.0 Å². The quantitative estimate of drug-likeness (QED) is 0.487. The summed E-state index contributed by atoms with van der Waals surface area (Å²) in [5.41, 5.74) is 1.47. The van der Waals surface area contributed by atoms with E-state index >= 15 is 0 Å². The highest BCUT2D eigenvalue weighted by Gasteiger charge is 2.43. The van der Waals surface area contributed by atoms with E-state index in [9.17, 15) is 9.59 Å². The van der Waals surface area contributed by atoms with E-state index in [0.717, 1.165) is 23.4 Å². The summed E-state index contributed by atoms with van der Waals surface area (Å²) in [4.78, 5) is 28.5. The first-order chi connectivity index (χ1) is 14.6. The first kappa shape index (κ1) is 22.2. The standard InChI is InChI=1S/C24H30N2O3S/c1-3-29-22(27)24(14-13-19-7-5-4-6-8-19)15-17-26(18-16-24)23(28)25-20-9-11-21(30-2)12-10-20/h4-12H,3,13-18H2,1-2H3,(H,25,28). The van der Waals surface area contributed by atoms with E-state index in [1.165, 1.54) is 5.56 Å². The lowest BCUT2D eigenvalue weighted by atomic mass is 9.74. The first-order valence-corrected chi connectivity index (χ1v) is 11.7. The summed E-state index contributed by atoms with van der Waals surface area (Å²) in [6.45, 7) is 3.31. The van der Waals surface area contributed by atoms with Gasteiger partial charge in [-0.3, -0.25) is 4.79 Å². The third kappa shape index (κ3) is 5.57. The predicted octanol–water partition coefficient (Wildman–Crippen LogP) is 5.22. The molecule has 6 heteroatoms. The Morgan fingerprint density at radius 3 is 2.33 bits per heavy atom. The average Bonchev–Trinajstić information content (AvgIpc) is 2.79. The summed E-state index contributed by atoms with van der Waals surface area (Å²) in [5, 5.41) is 2.96. The van der Waals surface area contributed by atoms with E-state index < -0.39 is 5.41 Å². The number of benzene rings is 2. The van der Waals surface area contributed by atoms with Gasteiger partial charge in [0, 0.05) is 23.7 Å². The number of thioether (sulfide) groups is 1. The second-order valence-corrected chi connectivity index (χ2v) is 8.51. The molecule has 30 heavy (non-hydrogen) atoms. The zero-order valence-electron chi connectivity index (χ0n) is 17.7. The van der Waals surface area contributed by atoms with Crippen molar-refractivity contribution in [3.8, 4) is 0 Å². The second kappa shape index (κ2) is 10.5. The number of urea groups is 1. The Hall–Kier alpha value is -2.47. The number of aryl methyl sites for hydroxylation is 1. The fraction of sp³-hybridized carbons (Fsp3) is 0.417. The normalized spacial score (nSPS) is 15.5. The third-order valence-electron chi connectivity index (χ3n) is 5.79. The molecule has 0 aliphatic carbocycles. The minimum Gasteiger partial charge on any atom is -0.466 e. The van der Waals surface area contributed by atoms with Gasteiger partial charge < -0.3 is 15.0 Å². The van der Waals surface area contributed by atoms with Crippen molar-refractivity contribution in [1.29, 1.82) is 0 Å². The predicted molar refractivity (Wildman–Crippen MR) is 122 cm³/mol. The van der Waals surface area contributed by atoms with Crippen LogP contribution in [0, 0.1) is 5.41 Å². The van der Waals surface area contributed by atoms with Crippen LogP contribution in [0.5, 0.6) is 0 Å². The number of anilines is 1. The number of nitrogens with zero attached hydrogens (tertiary/aromatic N) is 1. The lowest BCUT2D eigenvalue weighted by Crippen LogP contribution is -2.48. The van der Waals surface area contributed by atoms with Gasteiger partial charge in [0.15, 0.2) is 0 Å². The van der Waals surface area contributed by atoms with Crippen LogP contribution >= 0.6 is 11.8 Å². The minimum atomic E-state index is -0.525. The van der Waals surface area contributed by atoms with Crippen LogP contribution in [0.4, 0.5) is 10.5 Å². The maximum Gasteiger partial charge on any atom is 0.321 e. The maximum absolute atomic E-state index is 12.8. The first-order valence-electron chi connectivity index (χ1n) is 10.5. The fourth-order valence-corrected chi connectivity index (χ4v) is 4.29. The molecule has 1 N–H and O–H groups in total. The van der Waals surface area contributed by atoms with Gasteiger partial charge >= 0.3 is 12.0 Å². The Kier molecular flexibility index (Phi) is 7.80. The van der Waals surface area contributed by atoms with Crippen LogP contribution in [-0.2, 0) is 16.0 Å². The molecule has 1 fully saturated rings. The van der Waals surface area contributed by atoms with Crippen LogP contribution in [0.2, 0.25) is 0 Å². The summed E-state index contributed by atoms with van der Waals surface area (Å²) in [5.74, 6) is -0.131. The van der Waals surface area contributed by atoms with E-state index in [4.69, 9.17) is 4.74 Å². The number of likely N-dealkylation sites (tertiary alicyclic amines) is 1. The molecule has 5 nitrogen and oxygen atoms in total. The van der Waals surface area contributed by atoms with Crippen LogP contribution in [0.1, 0.15) is 31.7 Å². The van der Waals surface area contributed by atoms with Gasteiger partial charge in [0.2, 0.25) is 0 Å². The van der Waals surface area contributed by atoms with E-state index in [0.29, 0.717) is 32.5 Å². The van der Waals surface area contributed by atoms with E-state index in [1.54, 1.807) is 16.7 Å². The summed E-state index contributed by atoms with van der Waals surface area (Å²) in [6.07, 6.45) is 4.83. The molecular weight excluding hydrogens is 396 g/mol. The number of esters is 1. The van der Waals surface area contributed by atoms with Crippen molar-refractivity contribution in [3.05, 3.63) is 60.2 Å². The Labute approximate surface area is 183 Å². The molecule has 1 saturated heterocycles. The monoisotopic (exact) mass is 426 g/mol. The van der Waals surface area contributed by atoms with Crippen molar-refractivity contribution in [2.75, 3.05) is 31.3 Å². The maximum atomic E-state index is 12.8. The molecule has 0 aromatic heterocycles. The topological polar surface area (TPSA) is 58.6 Å². The molecule has 1 heterocycles. The molecule has 0 spiro atoms. The molecule has 0 unspecified atom stereocenters. The van der Waals surface area contributed by atoms with Gasteiger partial charge in [0.25, 0.3) is 0 Å². The van der Waals surface area contributed by atoms with Gasteiger partial charge in [-0.1, -0.05) is 30.3 Å². The van der Waals surface area contributed by atoms with Crippen LogP contribution in [0.25, 0.3) is 0 Å². The molecule has 160 valence electrons. The molecule has 0 saturated carbocycles. The molecule has 2 aromatic carbocycles. The number of rotatable bonds is 7. The Morgan fingerprint density at radius 2 is 1.73 bits per heavy atom. The number of ether oxygens (including phenoxy) is 1.